The fourth-order valence-corrected chi connectivity index (χ4v) is 4.68. The number of hydrogen-bond acceptors (Lipinski definition) is 3. The van der Waals surface area contributed by atoms with E-state index < -0.39 is 0 Å². The molecule has 1 aromatic rings. The molecule has 26 heavy (non-hydrogen) atoms. The topological polar surface area (TPSA) is 49.9 Å². The second-order valence-corrected chi connectivity index (χ2v) is 8.30. The lowest BCUT2D eigenvalue weighted by atomic mass is 9.77. The molecular weight excluding hydrogens is 328 g/mol. The molecule has 4 rings (SSSR count). The third kappa shape index (κ3) is 3.50. The van der Waals surface area contributed by atoms with E-state index in [1.54, 1.807) is 0 Å². The van der Waals surface area contributed by atoms with Gasteiger partial charge in [0.05, 0.1) is 12.5 Å². The van der Waals surface area contributed by atoms with Gasteiger partial charge in [-0.25, -0.2) is 0 Å². The highest BCUT2D eigenvalue weighted by Crippen LogP contribution is 2.41. The van der Waals surface area contributed by atoms with E-state index in [0.29, 0.717) is 26.2 Å². The molecule has 3 aliphatic heterocycles. The number of amides is 2. The van der Waals surface area contributed by atoms with Crippen LogP contribution in [0.5, 0.6) is 0 Å². The molecule has 140 valence electrons. The predicted molar refractivity (Wildman–Crippen MR) is 98.4 cm³/mol. The summed E-state index contributed by atoms with van der Waals surface area (Å²) in [4.78, 5) is 29.2. The SMILES string of the molecule is Cc1cccc(CN2CC3(CCN(C(=O)[C@@H]4CCOC4)CC3)CC2=O)c1. The van der Waals surface area contributed by atoms with Crippen LogP contribution in [0.15, 0.2) is 24.3 Å². The maximum absolute atomic E-state index is 12.6. The minimum absolute atomic E-state index is 0.0482. The van der Waals surface area contributed by atoms with Crippen molar-refractivity contribution in [3.05, 3.63) is 35.4 Å². The minimum atomic E-state index is 0.0482. The van der Waals surface area contributed by atoms with E-state index in [9.17, 15) is 9.59 Å². The summed E-state index contributed by atoms with van der Waals surface area (Å²) in [6.45, 7) is 6.44. The Morgan fingerprint density at radius 3 is 2.81 bits per heavy atom. The quantitative estimate of drug-likeness (QED) is 0.835. The Hall–Kier alpha value is -1.88. The Kier molecular flexibility index (Phi) is 4.74. The van der Waals surface area contributed by atoms with Crippen LogP contribution in [-0.2, 0) is 20.9 Å². The van der Waals surface area contributed by atoms with Crippen LogP contribution in [0.4, 0.5) is 0 Å². The highest BCUT2D eigenvalue weighted by Gasteiger charge is 2.45. The molecule has 1 aromatic carbocycles. The van der Waals surface area contributed by atoms with Crippen LogP contribution < -0.4 is 0 Å². The number of aryl methyl sites for hydroxylation is 1. The first-order valence-electron chi connectivity index (χ1n) is 9.75. The van der Waals surface area contributed by atoms with Gasteiger partial charge >= 0.3 is 0 Å². The monoisotopic (exact) mass is 356 g/mol. The van der Waals surface area contributed by atoms with E-state index in [1.807, 2.05) is 9.80 Å². The first-order valence-corrected chi connectivity index (χ1v) is 9.75. The second-order valence-electron chi connectivity index (χ2n) is 8.30. The summed E-state index contributed by atoms with van der Waals surface area (Å²) in [6.07, 6.45) is 3.35. The molecule has 0 unspecified atom stereocenters. The number of nitrogens with zero attached hydrogens (tertiary/aromatic N) is 2. The van der Waals surface area contributed by atoms with Gasteiger partial charge in [-0.1, -0.05) is 29.8 Å². The van der Waals surface area contributed by atoms with E-state index >= 15 is 0 Å². The molecule has 1 atom stereocenters. The van der Waals surface area contributed by atoms with Gasteiger partial charge in [0.1, 0.15) is 0 Å². The summed E-state index contributed by atoms with van der Waals surface area (Å²) in [5.74, 6) is 0.556. The molecule has 3 aliphatic rings. The number of benzene rings is 1. The molecule has 3 saturated heterocycles. The lowest BCUT2D eigenvalue weighted by Crippen LogP contribution is -2.46. The average molecular weight is 356 g/mol. The van der Waals surface area contributed by atoms with Crippen LogP contribution in [0.2, 0.25) is 0 Å². The van der Waals surface area contributed by atoms with Crippen LogP contribution in [0.1, 0.15) is 36.8 Å². The van der Waals surface area contributed by atoms with Gasteiger partial charge in [-0.15, -0.1) is 0 Å². The maximum atomic E-state index is 12.6. The number of carbonyl (C=O) groups excluding carboxylic acids is 2. The lowest BCUT2D eigenvalue weighted by molar-refractivity contribution is -0.137. The molecule has 0 saturated carbocycles. The summed E-state index contributed by atoms with van der Waals surface area (Å²) in [7, 11) is 0. The normalized spacial score (nSPS) is 25.3. The van der Waals surface area contributed by atoms with Gasteiger partial charge in [-0.3, -0.25) is 9.59 Å². The highest BCUT2D eigenvalue weighted by atomic mass is 16.5. The summed E-state index contributed by atoms with van der Waals surface area (Å²) in [5.41, 5.74) is 2.49. The zero-order chi connectivity index (χ0) is 18.1. The van der Waals surface area contributed by atoms with E-state index in [2.05, 4.69) is 31.2 Å². The molecule has 0 aliphatic carbocycles. The van der Waals surface area contributed by atoms with Crippen molar-refractivity contribution >= 4 is 11.8 Å². The summed E-state index contributed by atoms with van der Waals surface area (Å²) < 4.78 is 5.36. The smallest absolute Gasteiger partial charge is 0.228 e. The van der Waals surface area contributed by atoms with E-state index in [1.165, 1.54) is 11.1 Å². The van der Waals surface area contributed by atoms with Crippen molar-refractivity contribution in [3.8, 4) is 0 Å². The third-order valence-electron chi connectivity index (χ3n) is 6.28. The Balaban J connectivity index is 1.35. The molecule has 3 heterocycles. The Morgan fingerprint density at radius 2 is 2.12 bits per heavy atom. The van der Waals surface area contributed by atoms with Gasteiger partial charge in [0, 0.05) is 44.6 Å². The lowest BCUT2D eigenvalue weighted by Gasteiger charge is -2.39. The third-order valence-corrected chi connectivity index (χ3v) is 6.28. The van der Waals surface area contributed by atoms with Crippen molar-refractivity contribution in [2.45, 2.75) is 39.2 Å². The fourth-order valence-electron chi connectivity index (χ4n) is 4.68. The molecule has 0 radical (unpaired) electrons. The number of carbonyl (C=O) groups is 2. The van der Waals surface area contributed by atoms with E-state index in [-0.39, 0.29) is 23.1 Å². The van der Waals surface area contributed by atoms with E-state index in [4.69, 9.17) is 4.74 Å². The van der Waals surface area contributed by atoms with Gasteiger partial charge < -0.3 is 14.5 Å². The molecule has 0 bridgehead atoms. The Labute approximate surface area is 155 Å². The highest BCUT2D eigenvalue weighted by molar-refractivity contribution is 5.81. The number of piperidine rings is 1. The standard InChI is InChI=1S/C21H28N2O3/c1-16-3-2-4-17(11-16)13-23-15-21(12-19(23)24)6-8-22(9-7-21)20(25)18-5-10-26-14-18/h2-4,11,18H,5-10,12-15H2,1H3/t18-/m1/s1. The molecule has 1 spiro atoms. The molecule has 5 heteroatoms. The zero-order valence-corrected chi connectivity index (χ0v) is 15.6. The van der Waals surface area contributed by atoms with Crippen molar-refractivity contribution in [1.82, 2.24) is 9.80 Å². The Morgan fingerprint density at radius 1 is 1.31 bits per heavy atom. The summed E-state index contributed by atoms with van der Waals surface area (Å²) in [6, 6.07) is 8.39. The van der Waals surface area contributed by atoms with Gasteiger partial charge in [0.2, 0.25) is 11.8 Å². The van der Waals surface area contributed by atoms with Gasteiger partial charge in [-0.2, -0.15) is 0 Å². The van der Waals surface area contributed by atoms with Gasteiger partial charge in [0.25, 0.3) is 0 Å². The van der Waals surface area contributed by atoms with Crippen LogP contribution in [0.3, 0.4) is 0 Å². The number of ether oxygens (including phenoxy) is 1. The first kappa shape index (κ1) is 17.5. The minimum Gasteiger partial charge on any atom is -0.381 e. The zero-order valence-electron chi connectivity index (χ0n) is 15.6. The molecule has 3 fully saturated rings. The van der Waals surface area contributed by atoms with Gasteiger partial charge in [-0.05, 0) is 31.7 Å². The van der Waals surface area contributed by atoms with Crippen molar-refractivity contribution in [1.29, 1.82) is 0 Å². The first-order chi connectivity index (χ1) is 12.5. The number of rotatable bonds is 3. The molecule has 2 amide bonds. The van der Waals surface area contributed by atoms with Crippen molar-refractivity contribution < 1.29 is 14.3 Å². The average Bonchev–Trinajstić information content (AvgIpc) is 3.24. The largest absolute Gasteiger partial charge is 0.381 e. The fraction of sp³-hybridized carbons (Fsp3) is 0.619. The molecule has 0 aromatic heterocycles. The van der Waals surface area contributed by atoms with Crippen LogP contribution in [-0.4, -0.2) is 54.5 Å². The van der Waals surface area contributed by atoms with Crippen LogP contribution in [0.25, 0.3) is 0 Å². The maximum Gasteiger partial charge on any atom is 0.228 e. The van der Waals surface area contributed by atoms with E-state index in [0.717, 1.165) is 38.9 Å². The van der Waals surface area contributed by atoms with Crippen molar-refractivity contribution in [2.24, 2.45) is 11.3 Å². The molecule has 0 N–H and O–H groups in total. The van der Waals surface area contributed by atoms with Gasteiger partial charge in [0.15, 0.2) is 0 Å². The molecule has 5 nitrogen and oxygen atoms in total. The summed E-state index contributed by atoms with van der Waals surface area (Å²) >= 11 is 0. The predicted octanol–water partition coefficient (Wildman–Crippen LogP) is 2.37. The molecular formula is C21H28N2O3. The number of hydrogen-bond donors (Lipinski definition) is 0. The second kappa shape index (κ2) is 7.03. The number of likely N-dealkylation sites (tertiary alicyclic amines) is 2. The van der Waals surface area contributed by atoms with Crippen LogP contribution in [0, 0.1) is 18.3 Å². The van der Waals surface area contributed by atoms with Crippen molar-refractivity contribution in [3.63, 3.8) is 0 Å². The van der Waals surface area contributed by atoms with Crippen molar-refractivity contribution in [2.75, 3.05) is 32.8 Å². The summed E-state index contributed by atoms with van der Waals surface area (Å²) in [5, 5.41) is 0. The van der Waals surface area contributed by atoms with Crippen LogP contribution >= 0.6 is 0 Å². The Bertz CT molecular complexity index is 688.